The summed E-state index contributed by atoms with van der Waals surface area (Å²) in [5.41, 5.74) is 1.16. The van der Waals surface area contributed by atoms with E-state index in [0.29, 0.717) is 17.1 Å². The molecule has 1 heterocycles. The summed E-state index contributed by atoms with van der Waals surface area (Å²) in [5, 5.41) is 2.77. The predicted octanol–water partition coefficient (Wildman–Crippen LogP) is 3.87. The molecule has 0 atom stereocenters. The van der Waals surface area contributed by atoms with Gasteiger partial charge in [-0.05, 0) is 40.2 Å². The van der Waals surface area contributed by atoms with Gasteiger partial charge in [0.05, 0.1) is 24.6 Å². The second-order valence-electron chi connectivity index (χ2n) is 3.67. The highest BCUT2D eigenvalue weighted by Crippen LogP contribution is 2.22. The molecule has 0 radical (unpaired) electrons. The molecule has 0 aliphatic carbocycles. The number of methoxy groups -OCH3 is 1. The monoisotopic (exact) mass is 384 g/mol. The number of pyridine rings is 1. The van der Waals surface area contributed by atoms with E-state index in [1.807, 2.05) is 12.1 Å². The molecule has 19 heavy (non-hydrogen) atoms. The highest BCUT2D eigenvalue weighted by molar-refractivity contribution is 9.11. The van der Waals surface area contributed by atoms with Gasteiger partial charge in [0.15, 0.2) is 0 Å². The van der Waals surface area contributed by atoms with Crippen molar-refractivity contribution in [3.63, 3.8) is 0 Å². The predicted molar refractivity (Wildman–Crippen MR) is 80.6 cm³/mol. The second-order valence-corrected chi connectivity index (χ2v) is 5.44. The molecule has 6 heteroatoms. The van der Waals surface area contributed by atoms with Crippen LogP contribution in [-0.4, -0.2) is 18.0 Å². The number of aromatic nitrogens is 1. The molecule has 1 aromatic carbocycles. The van der Waals surface area contributed by atoms with Crippen LogP contribution in [0.3, 0.4) is 0 Å². The van der Waals surface area contributed by atoms with Gasteiger partial charge in [0.25, 0.3) is 5.91 Å². The Hall–Kier alpha value is -1.40. The summed E-state index contributed by atoms with van der Waals surface area (Å²) in [6.07, 6.45) is 1.54. The van der Waals surface area contributed by atoms with Crippen molar-refractivity contribution in [1.29, 1.82) is 0 Å². The standard InChI is InChI=1S/C13H10Br2N2O2/c1-19-12-5-3-9(7-16-12)17-13(18)10-6-8(14)2-4-11(10)15/h2-7H,1H3,(H,17,18). The quantitative estimate of drug-likeness (QED) is 0.872. The van der Waals surface area contributed by atoms with E-state index in [-0.39, 0.29) is 5.91 Å². The lowest BCUT2D eigenvalue weighted by molar-refractivity contribution is 0.102. The number of benzene rings is 1. The molecule has 0 unspecified atom stereocenters. The van der Waals surface area contributed by atoms with E-state index in [9.17, 15) is 4.79 Å². The summed E-state index contributed by atoms with van der Waals surface area (Å²) in [7, 11) is 1.54. The maximum Gasteiger partial charge on any atom is 0.256 e. The zero-order chi connectivity index (χ0) is 13.8. The normalized spacial score (nSPS) is 10.1. The van der Waals surface area contributed by atoms with Crippen LogP contribution in [0.5, 0.6) is 5.88 Å². The number of halogens is 2. The van der Waals surface area contributed by atoms with Crippen LogP contribution in [0.25, 0.3) is 0 Å². The number of hydrogen-bond donors (Lipinski definition) is 1. The van der Waals surface area contributed by atoms with E-state index in [0.717, 1.165) is 8.95 Å². The second kappa shape index (κ2) is 6.16. The van der Waals surface area contributed by atoms with E-state index < -0.39 is 0 Å². The van der Waals surface area contributed by atoms with Crippen molar-refractivity contribution < 1.29 is 9.53 Å². The number of amides is 1. The van der Waals surface area contributed by atoms with Crippen molar-refractivity contribution in [2.45, 2.75) is 0 Å². The van der Waals surface area contributed by atoms with Crippen LogP contribution in [0.4, 0.5) is 5.69 Å². The molecule has 98 valence electrons. The van der Waals surface area contributed by atoms with Gasteiger partial charge in [-0.2, -0.15) is 0 Å². The van der Waals surface area contributed by atoms with E-state index in [1.54, 1.807) is 31.5 Å². The minimum Gasteiger partial charge on any atom is -0.481 e. The van der Waals surface area contributed by atoms with Crippen LogP contribution >= 0.6 is 31.9 Å². The van der Waals surface area contributed by atoms with Crippen LogP contribution in [0.1, 0.15) is 10.4 Å². The average molecular weight is 386 g/mol. The molecule has 1 aromatic heterocycles. The van der Waals surface area contributed by atoms with Gasteiger partial charge in [-0.15, -0.1) is 0 Å². The van der Waals surface area contributed by atoms with Crippen molar-refractivity contribution in [2.75, 3.05) is 12.4 Å². The number of hydrogen-bond acceptors (Lipinski definition) is 3. The number of anilines is 1. The summed E-state index contributed by atoms with van der Waals surface area (Å²) >= 11 is 6.69. The fourth-order valence-corrected chi connectivity index (χ4v) is 2.23. The first-order chi connectivity index (χ1) is 9.10. The van der Waals surface area contributed by atoms with Crippen LogP contribution in [0.15, 0.2) is 45.5 Å². The van der Waals surface area contributed by atoms with E-state index in [1.165, 1.54) is 0 Å². The molecule has 4 nitrogen and oxygen atoms in total. The molecule has 0 spiro atoms. The maximum absolute atomic E-state index is 12.1. The largest absolute Gasteiger partial charge is 0.481 e. The number of carbonyl (C=O) groups excluding carboxylic acids is 1. The SMILES string of the molecule is COc1ccc(NC(=O)c2cc(Br)ccc2Br)cn1. The Labute approximate surface area is 127 Å². The first kappa shape index (κ1) is 14.0. The molecule has 2 aromatic rings. The molecular formula is C13H10Br2N2O2. The van der Waals surface area contributed by atoms with E-state index in [4.69, 9.17) is 4.74 Å². The Morgan fingerprint density at radius 1 is 1.26 bits per heavy atom. The van der Waals surface area contributed by atoms with Gasteiger partial charge in [-0.25, -0.2) is 4.98 Å². The van der Waals surface area contributed by atoms with Crippen molar-refractivity contribution in [2.24, 2.45) is 0 Å². The summed E-state index contributed by atoms with van der Waals surface area (Å²) in [6.45, 7) is 0. The number of ether oxygens (including phenoxy) is 1. The van der Waals surface area contributed by atoms with Gasteiger partial charge in [-0.3, -0.25) is 4.79 Å². The summed E-state index contributed by atoms with van der Waals surface area (Å²) in [6, 6.07) is 8.83. The fraction of sp³-hybridized carbons (Fsp3) is 0.0769. The zero-order valence-corrected chi connectivity index (χ0v) is 13.2. The van der Waals surface area contributed by atoms with Crippen LogP contribution < -0.4 is 10.1 Å². The highest BCUT2D eigenvalue weighted by atomic mass is 79.9. The first-order valence-corrected chi connectivity index (χ1v) is 6.95. The Morgan fingerprint density at radius 2 is 2.05 bits per heavy atom. The van der Waals surface area contributed by atoms with Gasteiger partial charge >= 0.3 is 0 Å². The van der Waals surface area contributed by atoms with E-state index in [2.05, 4.69) is 42.2 Å². The van der Waals surface area contributed by atoms with E-state index >= 15 is 0 Å². The molecule has 2 rings (SSSR count). The number of nitrogens with zero attached hydrogens (tertiary/aromatic N) is 1. The smallest absolute Gasteiger partial charge is 0.256 e. The number of carbonyl (C=O) groups is 1. The third-order valence-electron chi connectivity index (χ3n) is 2.38. The molecule has 0 aliphatic heterocycles. The minimum absolute atomic E-state index is 0.208. The van der Waals surface area contributed by atoms with Gasteiger partial charge in [0, 0.05) is 15.0 Å². The average Bonchev–Trinajstić information content (AvgIpc) is 2.42. The Balaban J connectivity index is 2.18. The number of nitrogens with one attached hydrogen (secondary N) is 1. The maximum atomic E-state index is 12.1. The minimum atomic E-state index is -0.208. The van der Waals surface area contributed by atoms with Crippen LogP contribution in [-0.2, 0) is 0 Å². The molecule has 0 saturated carbocycles. The van der Waals surface area contributed by atoms with Crippen molar-refractivity contribution in [3.8, 4) is 5.88 Å². The Kier molecular flexibility index (Phi) is 4.55. The molecule has 0 bridgehead atoms. The third kappa shape index (κ3) is 3.54. The summed E-state index contributed by atoms with van der Waals surface area (Å²) in [4.78, 5) is 16.1. The highest BCUT2D eigenvalue weighted by Gasteiger charge is 2.11. The topological polar surface area (TPSA) is 51.2 Å². The summed E-state index contributed by atoms with van der Waals surface area (Å²) < 4.78 is 6.53. The lowest BCUT2D eigenvalue weighted by atomic mass is 10.2. The van der Waals surface area contributed by atoms with Crippen molar-refractivity contribution >= 4 is 43.5 Å². The molecular weight excluding hydrogens is 376 g/mol. The molecule has 0 aliphatic rings. The van der Waals surface area contributed by atoms with Gasteiger partial charge in [0.2, 0.25) is 5.88 Å². The lowest BCUT2D eigenvalue weighted by Crippen LogP contribution is -2.12. The van der Waals surface area contributed by atoms with Gasteiger partial charge in [0.1, 0.15) is 0 Å². The van der Waals surface area contributed by atoms with Crippen molar-refractivity contribution in [1.82, 2.24) is 4.98 Å². The molecule has 0 fully saturated rings. The number of rotatable bonds is 3. The van der Waals surface area contributed by atoms with Crippen LogP contribution in [0.2, 0.25) is 0 Å². The lowest BCUT2D eigenvalue weighted by Gasteiger charge is -2.07. The summed E-state index contributed by atoms with van der Waals surface area (Å²) in [5.74, 6) is 0.293. The third-order valence-corrected chi connectivity index (χ3v) is 3.56. The van der Waals surface area contributed by atoms with Crippen molar-refractivity contribution in [3.05, 3.63) is 51.0 Å². The Morgan fingerprint density at radius 3 is 2.68 bits per heavy atom. The van der Waals surface area contributed by atoms with Gasteiger partial charge < -0.3 is 10.1 Å². The fourth-order valence-electron chi connectivity index (χ4n) is 1.44. The zero-order valence-electron chi connectivity index (χ0n) is 9.98. The molecule has 0 saturated heterocycles. The van der Waals surface area contributed by atoms with Gasteiger partial charge in [-0.1, -0.05) is 15.9 Å². The molecule has 1 amide bonds. The first-order valence-electron chi connectivity index (χ1n) is 5.36. The molecule has 1 N–H and O–H groups in total. The Bertz CT molecular complexity index is 600. The van der Waals surface area contributed by atoms with Crippen LogP contribution in [0, 0.1) is 0 Å².